The Morgan fingerprint density at radius 3 is 2.75 bits per heavy atom. The lowest BCUT2D eigenvalue weighted by Crippen LogP contribution is -2.21. The van der Waals surface area contributed by atoms with Crippen LogP contribution in [0.25, 0.3) is 0 Å². The first-order valence-corrected chi connectivity index (χ1v) is 5.13. The lowest BCUT2D eigenvalue weighted by Gasteiger charge is -2.13. The second-order valence-electron chi connectivity index (χ2n) is 3.13. The van der Waals surface area contributed by atoms with Gasteiger partial charge in [0.25, 0.3) is 0 Å². The highest BCUT2D eigenvalue weighted by Crippen LogP contribution is 2.29. The molecule has 0 saturated heterocycles. The number of halogens is 3. The number of anilines is 1. The maximum Gasteiger partial charge on any atom is 0.202 e. The summed E-state index contributed by atoms with van der Waals surface area (Å²) in [5.41, 5.74) is 0.269. The predicted octanol–water partition coefficient (Wildman–Crippen LogP) is 1.98. The van der Waals surface area contributed by atoms with Gasteiger partial charge < -0.3 is 15.2 Å². The van der Waals surface area contributed by atoms with E-state index in [9.17, 15) is 13.9 Å². The van der Waals surface area contributed by atoms with Crippen LogP contribution >= 0.6 is 11.6 Å². The molecule has 6 heteroatoms. The molecule has 0 saturated carbocycles. The summed E-state index contributed by atoms with van der Waals surface area (Å²) in [6.45, 7) is 0.130. The van der Waals surface area contributed by atoms with Gasteiger partial charge in [0.15, 0.2) is 11.6 Å². The number of methoxy groups -OCH3 is 1. The van der Waals surface area contributed by atoms with Crippen LogP contribution in [0.15, 0.2) is 12.1 Å². The van der Waals surface area contributed by atoms with E-state index in [1.165, 1.54) is 13.2 Å². The van der Waals surface area contributed by atoms with Crippen LogP contribution < -0.4 is 10.1 Å². The molecular formula is C10H12ClF2NO2. The minimum Gasteiger partial charge on any atom is -0.491 e. The van der Waals surface area contributed by atoms with Crippen molar-refractivity contribution in [3.63, 3.8) is 0 Å². The van der Waals surface area contributed by atoms with E-state index in [-0.39, 0.29) is 23.9 Å². The summed E-state index contributed by atoms with van der Waals surface area (Å²) in [6.07, 6.45) is -0.764. The van der Waals surface area contributed by atoms with Crippen LogP contribution in [-0.2, 0) is 0 Å². The third kappa shape index (κ3) is 2.96. The lowest BCUT2D eigenvalue weighted by molar-refractivity contribution is 0.211. The Morgan fingerprint density at radius 1 is 1.50 bits per heavy atom. The Labute approximate surface area is 97.0 Å². The van der Waals surface area contributed by atoms with Gasteiger partial charge in [-0.05, 0) is 12.1 Å². The Kier molecular flexibility index (Phi) is 4.76. The van der Waals surface area contributed by atoms with Gasteiger partial charge in [0.05, 0.1) is 24.8 Å². The van der Waals surface area contributed by atoms with Crippen molar-refractivity contribution in [2.45, 2.75) is 6.10 Å². The molecule has 0 radical (unpaired) electrons. The van der Waals surface area contributed by atoms with Gasteiger partial charge in [-0.3, -0.25) is 0 Å². The quantitative estimate of drug-likeness (QED) is 0.787. The first kappa shape index (κ1) is 13.0. The fourth-order valence-electron chi connectivity index (χ4n) is 1.15. The number of hydrogen-bond donors (Lipinski definition) is 2. The smallest absolute Gasteiger partial charge is 0.202 e. The normalized spacial score (nSPS) is 12.3. The highest BCUT2D eigenvalue weighted by atomic mass is 35.5. The zero-order chi connectivity index (χ0) is 12.1. The van der Waals surface area contributed by atoms with E-state index in [1.54, 1.807) is 0 Å². The van der Waals surface area contributed by atoms with Gasteiger partial charge in [-0.15, -0.1) is 11.6 Å². The molecule has 0 aliphatic rings. The highest BCUT2D eigenvalue weighted by Gasteiger charge is 2.14. The monoisotopic (exact) mass is 251 g/mol. The van der Waals surface area contributed by atoms with E-state index in [4.69, 9.17) is 16.3 Å². The Bertz CT molecular complexity index is 363. The Hall–Kier alpha value is -1.07. The zero-order valence-electron chi connectivity index (χ0n) is 8.64. The molecule has 1 aromatic carbocycles. The summed E-state index contributed by atoms with van der Waals surface area (Å²) < 4.78 is 30.8. The first-order chi connectivity index (χ1) is 7.60. The predicted molar refractivity (Wildman–Crippen MR) is 58.1 cm³/mol. The maximum atomic E-state index is 13.2. The molecule has 0 fully saturated rings. The summed E-state index contributed by atoms with van der Waals surface area (Å²) in [7, 11) is 1.24. The molecule has 0 bridgehead atoms. The molecule has 0 amide bonds. The SMILES string of the molecule is COc1c(NCC(O)CCl)ccc(F)c1F. The highest BCUT2D eigenvalue weighted by molar-refractivity contribution is 6.18. The number of aliphatic hydroxyl groups is 1. The van der Waals surface area contributed by atoms with Crippen molar-refractivity contribution in [3.05, 3.63) is 23.8 Å². The number of hydrogen-bond acceptors (Lipinski definition) is 3. The molecule has 1 atom stereocenters. The Balaban J connectivity index is 2.84. The Morgan fingerprint density at radius 2 is 2.19 bits per heavy atom. The van der Waals surface area contributed by atoms with Crippen molar-refractivity contribution >= 4 is 17.3 Å². The molecule has 90 valence electrons. The van der Waals surface area contributed by atoms with Gasteiger partial charge >= 0.3 is 0 Å². The summed E-state index contributed by atoms with van der Waals surface area (Å²) in [6, 6.07) is 2.31. The molecule has 0 heterocycles. The number of aliphatic hydroxyl groups excluding tert-OH is 1. The van der Waals surface area contributed by atoms with Crippen LogP contribution in [0.3, 0.4) is 0 Å². The summed E-state index contributed by atoms with van der Waals surface area (Å²) in [5, 5.41) is 11.9. The van der Waals surface area contributed by atoms with Gasteiger partial charge in [0, 0.05) is 6.54 Å². The van der Waals surface area contributed by atoms with Gasteiger partial charge in [0.1, 0.15) is 0 Å². The van der Waals surface area contributed by atoms with Crippen LogP contribution in [0.5, 0.6) is 5.75 Å². The van der Waals surface area contributed by atoms with Crippen LogP contribution in [0.1, 0.15) is 0 Å². The van der Waals surface area contributed by atoms with Gasteiger partial charge in [0.2, 0.25) is 5.82 Å². The van der Waals surface area contributed by atoms with E-state index >= 15 is 0 Å². The molecule has 0 aliphatic heterocycles. The molecule has 3 nitrogen and oxygen atoms in total. The van der Waals surface area contributed by atoms with Crippen molar-refractivity contribution in [3.8, 4) is 5.75 Å². The van der Waals surface area contributed by atoms with Gasteiger partial charge in [-0.1, -0.05) is 0 Å². The lowest BCUT2D eigenvalue weighted by atomic mass is 10.2. The van der Waals surface area contributed by atoms with Crippen LogP contribution in [0, 0.1) is 11.6 Å². The number of alkyl halides is 1. The van der Waals surface area contributed by atoms with Gasteiger partial charge in [-0.25, -0.2) is 4.39 Å². The minimum absolute atomic E-state index is 0.0546. The number of ether oxygens (including phenoxy) is 1. The van der Waals surface area contributed by atoms with E-state index < -0.39 is 17.7 Å². The molecule has 16 heavy (non-hydrogen) atoms. The largest absolute Gasteiger partial charge is 0.491 e. The third-order valence-corrected chi connectivity index (χ3v) is 2.32. The fraction of sp³-hybridized carbons (Fsp3) is 0.400. The second kappa shape index (κ2) is 5.86. The number of nitrogens with one attached hydrogen (secondary N) is 1. The van der Waals surface area contributed by atoms with E-state index in [0.717, 1.165) is 6.07 Å². The summed E-state index contributed by atoms with van der Waals surface area (Å²) in [5.74, 6) is -2.21. The van der Waals surface area contributed by atoms with Gasteiger partial charge in [-0.2, -0.15) is 4.39 Å². The summed E-state index contributed by atoms with van der Waals surface area (Å²) in [4.78, 5) is 0. The van der Waals surface area contributed by atoms with Crippen LogP contribution in [0.2, 0.25) is 0 Å². The topological polar surface area (TPSA) is 41.5 Å². The maximum absolute atomic E-state index is 13.2. The minimum atomic E-state index is -1.06. The van der Waals surface area contributed by atoms with Crippen LogP contribution in [-0.4, -0.2) is 30.7 Å². The second-order valence-corrected chi connectivity index (χ2v) is 3.44. The van der Waals surface area contributed by atoms with Crippen molar-refractivity contribution in [1.82, 2.24) is 0 Å². The fourth-order valence-corrected chi connectivity index (χ4v) is 1.26. The standard InChI is InChI=1S/C10H12ClF2NO2/c1-16-10-8(14-5-6(15)4-11)3-2-7(12)9(10)13/h2-3,6,14-15H,4-5H2,1H3. The molecular weight excluding hydrogens is 240 g/mol. The molecule has 0 aromatic heterocycles. The average Bonchev–Trinajstić information content (AvgIpc) is 2.30. The van der Waals surface area contributed by atoms with Crippen molar-refractivity contribution in [2.24, 2.45) is 0 Å². The van der Waals surface area contributed by atoms with E-state index in [2.05, 4.69) is 5.32 Å². The molecule has 1 unspecified atom stereocenters. The zero-order valence-corrected chi connectivity index (χ0v) is 9.39. The van der Waals surface area contributed by atoms with Crippen LogP contribution in [0.4, 0.5) is 14.5 Å². The molecule has 1 aromatic rings. The molecule has 0 aliphatic carbocycles. The molecule has 2 N–H and O–H groups in total. The first-order valence-electron chi connectivity index (χ1n) is 4.60. The van der Waals surface area contributed by atoms with Crippen molar-refractivity contribution < 1.29 is 18.6 Å². The summed E-state index contributed by atoms with van der Waals surface area (Å²) >= 11 is 5.39. The average molecular weight is 252 g/mol. The number of rotatable bonds is 5. The van der Waals surface area contributed by atoms with Crippen molar-refractivity contribution in [2.75, 3.05) is 24.9 Å². The van der Waals surface area contributed by atoms with E-state index in [0.29, 0.717) is 0 Å². The molecule has 1 rings (SSSR count). The molecule has 0 spiro atoms. The number of benzene rings is 1. The van der Waals surface area contributed by atoms with E-state index in [1.807, 2.05) is 0 Å². The van der Waals surface area contributed by atoms with Crippen molar-refractivity contribution in [1.29, 1.82) is 0 Å². The third-order valence-electron chi connectivity index (χ3n) is 1.96.